The molecule has 0 saturated carbocycles. The van der Waals surface area contributed by atoms with Crippen molar-refractivity contribution in [3.63, 3.8) is 0 Å². The molecule has 0 spiro atoms. The fourth-order valence-corrected chi connectivity index (χ4v) is 2.15. The van der Waals surface area contributed by atoms with E-state index in [2.05, 4.69) is 54.0 Å². The molecule has 6 heteroatoms. The lowest BCUT2D eigenvalue weighted by Gasteiger charge is -2.09. The Kier molecular flexibility index (Phi) is 6.23. The molecular weight excluding hydrogens is 274 g/mol. The van der Waals surface area contributed by atoms with E-state index in [9.17, 15) is 0 Å². The monoisotopic (exact) mass is 297 g/mol. The Labute approximate surface area is 126 Å². The molecule has 0 unspecified atom stereocenters. The third kappa shape index (κ3) is 3.84. The fraction of sp³-hybridized carbons (Fsp3) is 0.571. The highest BCUT2D eigenvalue weighted by atomic mass is 35.5. The molecule has 0 radical (unpaired) electrons. The number of hydrogen-bond donors (Lipinski definition) is 1. The second kappa shape index (κ2) is 7.45. The van der Waals surface area contributed by atoms with Gasteiger partial charge in [0.2, 0.25) is 0 Å². The average molecular weight is 298 g/mol. The first-order valence-corrected chi connectivity index (χ1v) is 6.87. The van der Waals surface area contributed by atoms with Crippen LogP contribution < -0.4 is 5.32 Å². The van der Waals surface area contributed by atoms with Crippen LogP contribution in [0.5, 0.6) is 0 Å². The molecule has 0 aliphatic carbocycles. The van der Waals surface area contributed by atoms with Crippen molar-refractivity contribution < 1.29 is 0 Å². The molecule has 112 valence electrons. The van der Waals surface area contributed by atoms with E-state index in [0.29, 0.717) is 6.04 Å². The summed E-state index contributed by atoms with van der Waals surface area (Å²) in [6.07, 6.45) is 3.96. The second-order valence-electron chi connectivity index (χ2n) is 5.06. The van der Waals surface area contributed by atoms with Crippen LogP contribution in [-0.4, -0.2) is 19.6 Å². The quantitative estimate of drug-likeness (QED) is 0.892. The maximum atomic E-state index is 4.45. The minimum Gasteiger partial charge on any atom is -0.307 e. The number of aryl methyl sites for hydroxylation is 1. The van der Waals surface area contributed by atoms with E-state index in [1.165, 1.54) is 11.3 Å². The van der Waals surface area contributed by atoms with Crippen molar-refractivity contribution in [1.29, 1.82) is 0 Å². The van der Waals surface area contributed by atoms with Crippen LogP contribution in [0, 0.1) is 6.92 Å². The van der Waals surface area contributed by atoms with Gasteiger partial charge in [-0.2, -0.15) is 10.2 Å². The molecule has 0 atom stereocenters. The largest absolute Gasteiger partial charge is 0.307 e. The Hall–Kier alpha value is -1.33. The summed E-state index contributed by atoms with van der Waals surface area (Å²) in [6, 6.07) is 2.47. The molecular formula is C14H24ClN5. The Balaban J connectivity index is 0.00000200. The molecule has 2 aromatic heterocycles. The zero-order chi connectivity index (χ0) is 13.8. The minimum atomic E-state index is 0. The standard InChI is InChI=1S/C14H23N5.ClH/c1-5-18-7-6-14(17-18)10-15-8-13-9-16-19(11(2)3)12(13)4;/h6-7,9,11,15H,5,8,10H2,1-4H3;1H. The van der Waals surface area contributed by atoms with Gasteiger partial charge in [0.25, 0.3) is 0 Å². The van der Waals surface area contributed by atoms with Gasteiger partial charge in [-0.1, -0.05) is 0 Å². The first-order valence-electron chi connectivity index (χ1n) is 6.87. The first kappa shape index (κ1) is 16.7. The van der Waals surface area contributed by atoms with E-state index in [1.54, 1.807) is 0 Å². The average Bonchev–Trinajstić information content (AvgIpc) is 2.97. The molecule has 2 rings (SSSR count). The lowest BCUT2D eigenvalue weighted by molar-refractivity contribution is 0.517. The molecule has 1 N–H and O–H groups in total. The molecule has 0 amide bonds. The van der Waals surface area contributed by atoms with Crippen molar-refractivity contribution in [2.45, 2.75) is 53.4 Å². The zero-order valence-electron chi connectivity index (χ0n) is 12.6. The summed E-state index contributed by atoms with van der Waals surface area (Å²) in [5.41, 5.74) is 3.57. The highest BCUT2D eigenvalue weighted by Crippen LogP contribution is 2.12. The summed E-state index contributed by atoms with van der Waals surface area (Å²) >= 11 is 0. The third-order valence-electron chi connectivity index (χ3n) is 3.28. The molecule has 20 heavy (non-hydrogen) atoms. The molecule has 2 heterocycles. The topological polar surface area (TPSA) is 47.7 Å². The van der Waals surface area contributed by atoms with E-state index >= 15 is 0 Å². The number of hydrogen-bond acceptors (Lipinski definition) is 3. The van der Waals surface area contributed by atoms with Gasteiger partial charge in [0.1, 0.15) is 0 Å². The predicted molar refractivity (Wildman–Crippen MR) is 83.0 cm³/mol. The van der Waals surface area contributed by atoms with Crippen LogP contribution in [0.25, 0.3) is 0 Å². The zero-order valence-corrected chi connectivity index (χ0v) is 13.4. The van der Waals surface area contributed by atoms with Gasteiger partial charge in [0.15, 0.2) is 0 Å². The van der Waals surface area contributed by atoms with Crippen molar-refractivity contribution in [2.75, 3.05) is 0 Å². The van der Waals surface area contributed by atoms with E-state index in [0.717, 1.165) is 25.3 Å². The molecule has 0 aliphatic heterocycles. The number of aromatic nitrogens is 4. The van der Waals surface area contributed by atoms with Crippen molar-refractivity contribution in [3.8, 4) is 0 Å². The van der Waals surface area contributed by atoms with Crippen LogP contribution in [0.2, 0.25) is 0 Å². The first-order chi connectivity index (χ1) is 9.11. The second-order valence-corrected chi connectivity index (χ2v) is 5.06. The van der Waals surface area contributed by atoms with Crippen LogP contribution >= 0.6 is 12.4 Å². The van der Waals surface area contributed by atoms with E-state index in [1.807, 2.05) is 17.1 Å². The van der Waals surface area contributed by atoms with Crippen LogP contribution in [0.15, 0.2) is 18.5 Å². The highest BCUT2D eigenvalue weighted by molar-refractivity contribution is 5.85. The maximum Gasteiger partial charge on any atom is 0.0762 e. The van der Waals surface area contributed by atoms with Crippen molar-refractivity contribution in [2.24, 2.45) is 0 Å². The Morgan fingerprint density at radius 2 is 2.05 bits per heavy atom. The van der Waals surface area contributed by atoms with Crippen molar-refractivity contribution >= 4 is 12.4 Å². The highest BCUT2D eigenvalue weighted by Gasteiger charge is 2.08. The molecule has 0 aliphatic rings. The lowest BCUT2D eigenvalue weighted by Crippen LogP contribution is -2.14. The molecule has 5 nitrogen and oxygen atoms in total. The smallest absolute Gasteiger partial charge is 0.0762 e. The number of rotatable bonds is 6. The van der Waals surface area contributed by atoms with Crippen LogP contribution in [0.3, 0.4) is 0 Å². The van der Waals surface area contributed by atoms with Gasteiger partial charge in [-0.25, -0.2) is 0 Å². The summed E-state index contributed by atoms with van der Waals surface area (Å²) in [5, 5.41) is 12.3. The normalized spacial score (nSPS) is 10.8. The Morgan fingerprint density at radius 1 is 1.30 bits per heavy atom. The Morgan fingerprint density at radius 3 is 2.60 bits per heavy atom. The SMILES string of the molecule is CCn1ccc(CNCc2cnn(C(C)C)c2C)n1.Cl. The van der Waals surface area contributed by atoms with Gasteiger partial charge in [-0.05, 0) is 33.8 Å². The van der Waals surface area contributed by atoms with Gasteiger partial charge >= 0.3 is 0 Å². The summed E-state index contributed by atoms with van der Waals surface area (Å²) < 4.78 is 4.00. The van der Waals surface area contributed by atoms with E-state index in [4.69, 9.17) is 0 Å². The van der Waals surface area contributed by atoms with Crippen LogP contribution in [0.1, 0.15) is 43.8 Å². The number of halogens is 1. The van der Waals surface area contributed by atoms with Crippen LogP contribution in [0.4, 0.5) is 0 Å². The summed E-state index contributed by atoms with van der Waals surface area (Å²) in [7, 11) is 0. The molecule has 0 saturated heterocycles. The van der Waals surface area contributed by atoms with Gasteiger partial charge in [-0.15, -0.1) is 12.4 Å². The summed E-state index contributed by atoms with van der Waals surface area (Å²) in [5.74, 6) is 0. The molecule has 0 bridgehead atoms. The Bertz CT molecular complexity index is 529. The van der Waals surface area contributed by atoms with Crippen molar-refractivity contribution in [1.82, 2.24) is 24.9 Å². The fourth-order valence-electron chi connectivity index (χ4n) is 2.15. The molecule has 0 aromatic carbocycles. The molecule has 0 fully saturated rings. The van der Waals surface area contributed by atoms with E-state index in [-0.39, 0.29) is 12.4 Å². The number of nitrogens with one attached hydrogen (secondary N) is 1. The van der Waals surface area contributed by atoms with Crippen molar-refractivity contribution in [3.05, 3.63) is 35.4 Å². The van der Waals surface area contributed by atoms with Gasteiger partial charge in [-0.3, -0.25) is 9.36 Å². The lowest BCUT2D eigenvalue weighted by atomic mass is 10.2. The van der Waals surface area contributed by atoms with Gasteiger partial charge < -0.3 is 5.32 Å². The summed E-state index contributed by atoms with van der Waals surface area (Å²) in [6.45, 7) is 11.0. The van der Waals surface area contributed by atoms with Gasteiger partial charge in [0, 0.05) is 43.1 Å². The predicted octanol–water partition coefficient (Wildman–Crippen LogP) is 2.70. The third-order valence-corrected chi connectivity index (χ3v) is 3.28. The van der Waals surface area contributed by atoms with E-state index < -0.39 is 0 Å². The van der Waals surface area contributed by atoms with Crippen LogP contribution in [-0.2, 0) is 19.6 Å². The summed E-state index contributed by atoms with van der Waals surface area (Å²) in [4.78, 5) is 0. The minimum absolute atomic E-state index is 0. The van der Waals surface area contributed by atoms with Gasteiger partial charge in [0.05, 0.1) is 11.9 Å². The maximum absolute atomic E-state index is 4.45. The number of nitrogens with zero attached hydrogens (tertiary/aromatic N) is 4. The molecule has 2 aromatic rings.